The van der Waals surface area contributed by atoms with Crippen molar-refractivity contribution in [1.29, 1.82) is 0 Å². The number of hydrogen-bond acceptors (Lipinski definition) is 4. The highest BCUT2D eigenvalue weighted by Gasteiger charge is 2.31. The zero-order valence-electron chi connectivity index (χ0n) is 8.76. The molecule has 0 fully saturated rings. The number of rotatable bonds is 6. The van der Waals surface area contributed by atoms with Crippen LogP contribution in [0.5, 0.6) is 0 Å². The topological polar surface area (TPSA) is 52.6 Å². The third-order valence-electron chi connectivity index (χ3n) is 1.45. The molecule has 0 saturated heterocycles. The molecule has 0 aromatic rings. The molecule has 92 valence electrons. The highest BCUT2D eigenvalue weighted by Crippen LogP contribution is 2.21. The average molecular weight is 290 g/mol. The van der Waals surface area contributed by atoms with E-state index in [1.54, 1.807) is 13.8 Å². The van der Waals surface area contributed by atoms with Crippen LogP contribution in [0.25, 0.3) is 0 Å². The van der Waals surface area contributed by atoms with Crippen molar-refractivity contribution in [1.82, 2.24) is 0 Å². The van der Waals surface area contributed by atoms with Crippen LogP contribution in [-0.2, 0) is 19.1 Å². The molecule has 0 radical (unpaired) electrons. The van der Waals surface area contributed by atoms with Gasteiger partial charge in [0.2, 0.25) is 11.9 Å². The van der Waals surface area contributed by atoms with Crippen LogP contribution in [0.15, 0.2) is 9.52 Å². The van der Waals surface area contributed by atoms with Crippen molar-refractivity contribution in [3.8, 4) is 0 Å². The third-order valence-corrected chi connectivity index (χ3v) is 2.40. The van der Waals surface area contributed by atoms with Crippen molar-refractivity contribution >= 4 is 46.6 Å². The average Bonchev–Trinajstić information content (AvgIpc) is 2.24. The summed E-state index contributed by atoms with van der Waals surface area (Å²) in [6.07, 6.45) is -1.43. The lowest BCUT2D eigenvalue weighted by Gasteiger charge is -2.13. The first kappa shape index (κ1) is 15.7. The summed E-state index contributed by atoms with van der Waals surface area (Å²) >= 11 is 16.2. The van der Waals surface area contributed by atoms with Crippen LogP contribution in [0.4, 0.5) is 0 Å². The van der Waals surface area contributed by atoms with Gasteiger partial charge in [-0.3, -0.25) is 4.79 Å². The van der Waals surface area contributed by atoms with Gasteiger partial charge in [0.25, 0.3) is 0 Å². The lowest BCUT2D eigenvalue weighted by Crippen LogP contribution is -2.35. The SMILES string of the molecule is CCOC(=O)C(OCC)C(=O)C(Cl)=C(Cl)Cl. The summed E-state index contributed by atoms with van der Waals surface area (Å²) in [5, 5.41) is -0.449. The van der Waals surface area contributed by atoms with Gasteiger partial charge in [-0.05, 0) is 13.8 Å². The molecule has 1 unspecified atom stereocenters. The Kier molecular flexibility index (Phi) is 7.76. The minimum absolute atomic E-state index is 0.131. The van der Waals surface area contributed by atoms with E-state index in [0.29, 0.717) is 0 Å². The van der Waals surface area contributed by atoms with Gasteiger partial charge in [-0.1, -0.05) is 34.8 Å². The zero-order valence-corrected chi connectivity index (χ0v) is 11.0. The molecular weight excluding hydrogens is 278 g/mol. The quantitative estimate of drug-likeness (QED) is 0.428. The fraction of sp³-hybridized carbons (Fsp3) is 0.556. The van der Waals surface area contributed by atoms with E-state index in [1.165, 1.54) is 0 Å². The van der Waals surface area contributed by atoms with E-state index in [2.05, 4.69) is 4.74 Å². The standard InChI is InChI=1S/C9H11Cl3O4/c1-3-15-7(9(14)16-4-2)6(13)5(10)8(11)12/h7H,3-4H2,1-2H3. The van der Waals surface area contributed by atoms with Crippen molar-refractivity contribution in [3.05, 3.63) is 9.52 Å². The molecular formula is C9H11Cl3O4. The minimum Gasteiger partial charge on any atom is -0.464 e. The van der Waals surface area contributed by atoms with Crippen molar-refractivity contribution < 1.29 is 19.1 Å². The summed E-state index contributed by atoms with van der Waals surface area (Å²) in [5.41, 5.74) is 0. The molecule has 0 aliphatic carbocycles. The highest BCUT2D eigenvalue weighted by molar-refractivity contribution is 6.63. The molecule has 0 bridgehead atoms. The van der Waals surface area contributed by atoms with Gasteiger partial charge >= 0.3 is 5.97 Å². The Morgan fingerprint density at radius 2 is 1.69 bits per heavy atom. The second kappa shape index (κ2) is 7.90. The smallest absolute Gasteiger partial charge is 0.343 e. The third kappa shape index (κ3) is 4.70. The monoisotopic (exact) mass is 288 g/mol. The van der Waals surface area contributed by atoms with Crippen molar-refractivity contribution in [3.63, 3.8) is 0 Å². The molecule has 4 nitrogen and oxygen atoms in total. The Balaban J connectivity index is 4.85. The maximum atomic E-state index is 11.6. The summed E-state index contributed by atoms with van der Waals surface area (Å²) in [6.45, 7) is 3.52. The van der Waals surface area contributed by atoms with Crippen LogP contribution in [-0.4, -0.2) is 31.1 Å². The summed E-state index contributed by atoms with van der Waals surface area (Å²) in [7, 11) is 0. The van der Waals surface area contributed by atoms with E-state index in [4.69, 9.17) is 39.5 Å². The van der Waals surface area contributed by atoms with Crippen LogP contribution in [0.2, 0.25) is 0 Å². The van der Waals surface area contributed by atoms with E-state index < -0.39 is 27.4 Å². The molecule has 0 amide bonds. The number of hydrogen-bond donors (Lipinski definition) is 0. The van der Waals surface area contributed by atoms with Gasteiger partial charge in [-0.25, -0.2) is 4.79 Å². The Morgan fingerprint density at radius 1 is 1.12 bits per heavy atom. The van der Waals surface area contributed by atoms with Crippen LogP contribution < -0.4 is 0 Å². The predicted molar refractivity (Wildman–Crippen MR) is 61.6 cm³/mol. The van der Waals surface area contributed by atoms with Gasteiger partial charge in [0.1, 0.15) is 9.52 Å². The largest absolute Gasteiger partial charge is 0.464 e. The lowest BCUT2D eigenvalue weighted by atomic mass is 10.2. The molecule has 0 rings (SSSR count). The van der Waals surface area contributed by atoms with Crippen LogP contribution >= 0.6 is 34.8 Å². The first-order chi connectivity index (χ1) is 7.45. The normalized spacial score (nSPS) is 11.8. The molecule has 0 aromatic heterocycles. The fourth-order valence-electron chi connectivity index (χ4n) is 0.844. The second-order valence-corrected chi connectivity index (χ2v) is 3.85. The maximum absolute atomic E-state index is 11.6. The van der Waals surface area contributed by atoms with Gasteiger partial charge in [0.05, 0.1) is 6.61 Å². The molecule has 0 spiro atoms. The van der Waals surface area contributed by atoms with Crippen LogP contribution in [0.3, 0.4) is 0 Å². The highest BCUT2D eigenvalue weighted by atomic mass is 35.5. The van der Waals surface area contributed by atoms with Crippen molar-refractivity contribution in [2.24, 2.45) is 0 Å². The predicted octanol–water partition coefficient (Wildman–Crippen LogP) is 2.41. The molecule has 0 N–H and O–H groups in total. The molecule has 1 atom stereocenters. The number of ether oxygens (including phenoxy) is 2. The van der Waals surface area contributed by atoms with Crippen molar-refractivity contribution in [2.45, 2.75) is 20.0 Å². The number of carbonyl (C=O) groups excluding carboxylic acids is 2. The van der Waals surface area contributed by atoms with E-state index in [9.17, 15) is 9.59 Å². The van der Waals surface area contributed by atoms with E-state index >= 15 is 0 Å². The molecule has 0 aliphatic heterocycles. The van der Waals surface area contributed by atoms with Gasteiger partial charge < -0.3 is 9.47 Å². The van der Waals surface area contributed by atoms with E-state index in [-0.39, 0.29) is 13.2 Å². The number of esters is 1. The summed E-state index contributed by atoms with van der Waals surface area (Å²) < 4.78 is 9.17. The number of ketones is 1. The fourth-order valence-corrected chi connectivity index (χ4v) is 1.13. The first-order valence-corrected chi connectivity index (χ1v) is 5.62. The summed E-state index contributed by atoms with van der Waals surface area (Å²) in [4.78, 5) is 23.0. The molecule has 0 aromatic carbocycles. The van der Waals surface area contributed by atoms with Crippen LogP contribution in [0.1, 0.15) is 13.8 Å². The number of carbonyl (C=O) groups is 2. The summed E-state index contributed by atoms with van der Waals surface area (Å²) in [5.74, 6) is -1.64. The van der Waals surface area contributed by atoms with E-state index in [0.717, 1.165) is 0 Å². The molecule has 0 aliphatic rings. The lowest BCUT2D eigenvalue weighted by molar-refractivity contribution is -0.159. The van der Waals surface area contributed by atoms with Gasteiger partial charge in [0.15, 0.2) is 0 Å². The Hall–Kier alpha value is -0.290. The van der Waals surface area contributed by atoms with E-state index in [1.807, 2.05) is 0 Å². The van der Waals surface area contributed by atoms with Crippen molar-refractivity contribution in [2.75, 3.05) is 13.2 Å². The maximum Gasteiger partial charge on any atom is 0.343 e. The number of Topliss-reactive ketones (excluding diaryl/α,β-unsaturated/α-hetero) is 1. The minimum atomic E-state index is -1.43. The second-order valence-electron chi connectivity index (χ2n) is 2.53. The van der Waals surface area contributed by atoms with Gasteiger partial charge in [0, 0.05) is 6.61 Å². The molecule has 7 heteroatoms. The molecule has 16 heavy (non-hydrogen) atoms. The first-order valence-electron chi connectivity index (χ1n) is 4.48. The molecule has 0 saturated carbocycles. The zero-order chi connectivity index (χ0) is 12.7. The Labute approximate surface area is 108 Å². The van der Waals surface area contributed by atoms with Gasteiger partial charge in [-0.2, -0.15) is 0 Å². The molecule has 0 heterocycles. The summed E-state index contributed by atoms with van der Waals surface area (Å²) in [6, 6.07) is 0. The van der Waals surface area contributed by atoms with Gasteiger partial charge in [-0.15, -0.1) is 0 Å². The Bertz CT molecular complexity index is 297. The number of halogens is 3. The Morgan fingerprint density at radius 3 is 2.06 bits per heavy atom. The van der Waals surface area contributed by atoms with Crippen LogP contribution in [0, 0.1) is 0 Å².